The van der Waals surface area contributed by atoms with Crippen LogP contribution in [0.15, 0.2) is 4.99 Å². The van der Waals surface area contributed by atoms with Crippen LogP contribution < -0.4 is 5.73 Å². The first-order valence-electron chi connectivity index (χ1n) is 3.14. The van der Waals surface area contributed by atoms with Crippen LogP contribution in [0.4, 0.5) is 0 Å². The van der Waals surface area contributed by atoms with Crippen molar-refractivity contribution in [2.45, 2.75) is 18.9 Å². The molecule has 0 aromatic heterocycles. The van der Waals surface area contributed by atoms with Crippen molar-refractivity contribution in [1.29, 1.82) is 0 Å². The number of hydrogen-bond acceptors (Lipinski definition) is 2. The fourth-order valence-electron chi connectivity index (χ4n) is 0.623. The van der Waals surface area contributed by atoms with Crippen molar-refractivity contribution < 1.29 is 4.74 Å². The molecule has 2 N–H and O–H groups in total. The summed E-state index contributed by atoms with van der Waals surface area (Å²) in [6.45, 7) is 0.469. The number of amidine groups is 1. The maximum atomic E-state index is 5.45. The molecule has 0 amide bonds. The predicted octanol–water partition coefficient (Wildman–Crippen LogP) is 0.152. The van der Waals surface area contributed by atoms with Gasteiger partial charge in [0.15, 0.2) is 0 Å². The van der Waals surface area contributed by atoms with Gasteiger partial charge in [0, 0.05) is 7.11 Å². The van der Waals surface area contributed by atoms with E-state index in [-0.39, 0.29) is 0 Å². The molecule has 1 rings (SSSR count). The van der Waals surface area contributed by atoms with Crippen molar-refractivity contribution in [1.82, 2.24) is 0 Å². The van der Waals surface area contributed by atoms with Gasteiger partial charge in [-0.2, -0.15) is 0 Å². The van der Waals surface area contributed by atoms with Crippen molar-refractivity contribution in [3.63, 3.8) is 0 Å². The Morgan fingerprint density at radius 1 is 1.78 bits per heavy atom. The first-order chi connectivity index (χ1) is 4.33. The molecular weight excluding hydrogens is 116 g/mol. The molecular formula is C6H12N2O. The molecule has 1 fully saturated rings. The Morgan fingerprint density at radius 3 is 2.89 bits per heavy atom. The Hall–Kier alpha value is -0.570. The standard InChI is InChI=1S/C6H12N2O/c1-9-4-6(7)8-5-2-3-5/h5H,2-4H2,1H3,(H2,7,8). The van der Waals surface area contributed by atoms with E-state index >= 15 is 0 Å². The molecule has 0 unspecified atom stereocenters. The highest BCUT2D eigenvalue weighted by atomic mass is 16.5. The number of nitrogens with two attached hydrogens (primary N) is 1. The highest BCUT2D eigenvalue weighted by molar-refractivity contribution is 5.81. The second-order valence-electron chi connectivity index (χ2n) is 2.28. The molecule has 0 bridgehead atoms. The topological polar surface area (TPSA) is 47.6 Å². The van der Waals surface area contributed by atoms with E-state index in [4.69, 9.17) is 10.5 Å². The summed E-state index contributed by atoms with van der Waals surface area (Å²) in [4.78, 5) is 4.15. The smallest absolute Gasteiger partial charge is 0.120 e. The monoisotopic (exact) mass is 128 g/mol. The van der Waals surface area contributed by atoms with E-state index in [9.17, 15) is 0 Å². The molecule has 0 aromatic carbocycles. The number of nitrogens with zero attached hydrogens (tertiary/aromatic N) is 1. The molecule has 0 radical (unpaired) electrons. The van der Waals surface area contributed by atoms with E-state index in [1.807, 2.05) is 0 Å². The Balaban J connectivity index is 2.20. The van der Waals surface area contributed by atoms with Crippen LogP contribution >= 0.6 is 0 Å². The molecule has 0 atom stereocenters. The zero-order chi connectivity index (χ0) is 6.69. The third-order valence-corrected chi connectivity index (χ3v) is 1.19. The SMILES string of the molecule is COCC(N)=NC1CC1. The highest BCUT2D eigenvalue weighted by Gasteiger charge is 2.19. The normalized spacial score (nSPS) is 20.3. The summed E-state index contributed by atoms with van der Waals surface area (Å²) < 4.78 is 4.78. The van der Waals surface area contributed by atoms with Gasteiger partial charge in [-0.1, -0.05) is 0 Å². The lowest BCUT2D eigenvalue weighted by atomic mass is 10.6. The zero-order valence-electron chi connectivity index (χ0n) is 5.63. The maximum absolute atomic E-state index is 5.45. The molecule has 3 nitrogen and oxygen atoms in total. The summed E-state index contributed by atoms with van der Waals surface area (Å²) in [5.74, 6) is 0.625. The van der Waals surface area contributed by atoms with Gasteiger partial charge in [0.1, 0.15) is 12.4 Å². The summed E-state index contributed by atoms with van der Waals surface area (Å²) >= 11 is 0. The van der Waals surface area contributed by atoms with Crippen molar-refractivity contribution in [2.24, 2.45) is 10.7 Å². The second kappa shape index (κ2) is 2.82. The van der Waals surface area contributed by atoms with E-state index in [2.05, 4.69) is 4.99 Å². The average Bonchev–Trinajstić information content (AvgIpc) is 2.50. The minimum atomic E-state index is 0.469. The van der Waals surface area contributed by atoms with E-state index in [1.165, 1.54) is 12.8 Å². The van der Waals surface area contributed by atoms with Gasteiger partial charge in [-0.15, -0.1) is 0 Å². The Bertz CT molecular complexity index is 118. The van der Waals surface area contributed by atoms with Gasteiger partial charge >= 0.3 is 0 Å². The van der Waals surface area contributed by atoms with Gasteiger partial charge in [-0.05, 0) is 12.8 Å². The van der Waals surface area contributed by atoms with E-state index in [1.54, 1.807) is 7.11 Å². The summed E-state index contributed by atoms with van der Waals surface area (Å²) in [5, 5.41) is 0. The molecule has 0 saturated heterocycles. The number of ether oxygens (including phenoxy) is 1. The lowest BCUT2D eigenvalue weighted by molar-refractivity contribution is 0.244. The number of methoxy groups -OCH3 is 1. The Morgan fingerprint density at radius 2 is 2.44 bits per heavy atom. The molecule has 0 aliphatic heterocycles. The van der Waals surface area contributed by atoms with Crippen LogP contribution in [0.25, 0.3) is 0 Å². The molecule has 52 valence electrons. The predicted molar refractivity (Wildman–Crippen MR) is 36.5 cm³/mol. The van der Waals surface area contributed by atoms with E-state index < -0.39 is 0 Å². The van der Waals surface area contributed by atoms with Crippen molar-refractivity contribution >= 4 is 5.84 Å². The fraction of sp³-hybridized carbons (Fsp3) is 0.833. The summed E-state index contributed by atoms with van der Waals surface area (Å²) in [6.07, 6.45) is 2.40. The highest BCUT2D eigenvalue weighted by Crippen LogP contribution is 2.23. The van der Waals surface area contributed by atoms with E-state index in [0.29, 0.717) is 18.5 Å². The molecule has 0 spiro atoms. The minimum Gasteiger partial charge on any atom is -0.386 e. The van der Waals surface area contributed by atoms with Crippen LogP contribution in [0.2, 0.25) is 0 Å². The van der Waals surface area contributed by atoms with Crippen molar-refractivity contribution in [2.75, 3.05) is 13.7 Å². The van der Waals surface area contributed by atoms with Crippen LogP contribution in [0.1, 0.15) is 12.8 Å². The molecule has 0 aromatic rings. The van der Waals surface area contributed by atoms with Crippen molar-refractivity contribution in [3.8, 4) is 0 Å². The van der Waals surface area contributed by atoms with Gasteiger partial charge in [-0.25, -0.2) is 0 Å². The van der Waals surface area contributed by atoms with Crippen LogP contribution in [0.3, 0.4) is 0 Å². The first-order valence-corrected chi connectivity index (χ1v) is 3.14. The van der Waals surface area contributed by atoms with Gasteiger partial charge < -0.3 is 10.5 Å². The summed E-state index contributed by atoms with van der Waals surface area (Å²) in [7, 11) is 1.62. The van der Waals surface area contributed by atoms with Gasteiger partial charge in [0.2, 0.25) is 0 Å². The quantitative estimate of drug-likeness (QED) is 0.434. The molecule has 9 heavy (non-hydrogen) atoms. The molecule has 1 aliphatic rings. The van der Waals surface area contributed by atoms with Crippen LogP contribution in [-0.2, 0) is 4.74 Å². The third kappa shape index (κ3) is 2.46. The van der Waals surface area contributed by atoms with E-state index in [0.717, 1.165) is 0 Å². The summed E-state index contributed by atoms with van der Waals surface area (Å²) in [5.41, 5.74) is 5.45. The molecule has 1 aliphatic carbocycles. The maximum Gasteiger partial charge on any atom is 0.120 e. The molecule has 1 saturated carbocycles. The molecule has 0 heterocycles. The van der Waals surface area contributed by atoms with Crippen LogP contribution in [0.5, 0.6) is 0 Å². The second-order valence-corrected chi connectivity index (χ2v) is 2.28. The number of aliphatic imine (C=N–C) groups is 1. The first kappa shape index (κ1) is 6.55. The third-order valence-electron chi connectivity index (χ3n) is 1.19. The lowest BCUT2D eigenvalue weighted by Gasteiger charge is -1.95. The fourth-order valence-corrected chi connectivity index (χ4v) is 0.623. The lowest BCUT2D eigenvalue weighted by Crippen LogP contribution is -2.18. The van der Waals surface area contributed by atoms with Gasteiger partial charge in [-0.3, -0.25) is 4.99 Å². The number of rotatable bonds is 3. The summed E-state index contributed by atoms with van der Waals surface area (Å²) in [6, 6.07) is 0.514. The zero-order valence-corrected chi connectivity index (χ0v) is 5.63. The van der Waals surface area contributed by atoms with Crippen LogP contribution in [-0.4, -0.2) is 25.6 Å². The van der Waals surface area contributed by atoms with Gasteiger partial charge in [0.25, 0.3) is 0 Å². The number of hydrogen-bond donors (Lipinski definition) is 1. The van der Waals surface area contributed by atoms with Crippen molar-refractivity contribution in [3.05, 3.63) is 0 Å². The average molecular weight is 128 g/mol. The molecule has 3 heteroatoms. The Labute approximate surface area is 54.9 Å². The Kier molecular flexibility index (Phi) is 2.05. The minimum absolute atomic E-state index is 0.469. The largest absolute Gasteiger partial charge is 0.386 e. The van der Waals surface area contributed by atoms with Gasteiger partial charge in [0.05, 0.1) is 6.04 Å². The van der Waals surface area contributed by atoms with Crippen LogP contribution in [0, 0.1) is 0 Å².